The Labute approximate surface area is 158 Å². The van der Waals surface area contributed by atoms with Gasteiger partial charge in [-0.3, -0.25) is 9.78 Å². The molecule has 1 amide bonds. The second-order valence-corrected chi connectivity index (χ2v) is 7.12. The molecule has 0 radical (unpaired) electrons. The number of benzene rings is 1. The summed E-state index contributed by atoms with van der Waals surface area (Å²) in [6.45, 7) is 3.03. The highest BCUT2D eigenvalue weighted by atomic mass is 16.5. The summed E-state index contributed by atoms with van der Waals surface area (Å²) in [7, 11) is 0. The first-order chi connectivity index (χ1) is 13.2. The standard InChI is InChI=1S/C21H21N3O3/c22-11-17-2-1-3-18(10-17)20(25)24-14-21(15-24)19(6-9-27-21)13-26-12-16-4-7-23-8-5-16/h1-5,7-8,10,19H,6,9,12-15H2/t19-/m0/s1. The summed E-state index contributed by atoms with van der Waals surface area (Å²) in [5, 5.41) is 9.01. The average Bonchev–Trinajstić information content (AvgIpc) is 3.11. The maximum atomic E-state index is 12.7. The van der Waals surface area contributed by atoms with Gasteiger partial charge in [-0.05, 0) is 42.3 Å². The number of hydrogen-bond acceptors (Lipinski definition) is 5. The lowest BCUT2D eigenvalue weighted by Crippen LogP contribution is -2.66. The monoisotopic (exact) mass is 363 g/mol. The molecule has 3 heterocycles. The van der Waals surface area contributed by atoms with Crippen molar-refractivity contribution in [2.45, 2.75) is 18.6 Å². The van der Waals surface area contributed by atoms with Crippen LogP contribution >= 0.6 is 0 Å². The highest BCUT2D eigenvalue weighted by Gasteiger charge is 2.54. The Bertz CT molecular complexity index is 856. The van der Waals surface area contributed by atoms with Gasteiger partial charge in [0.25, 0.3) is 5.91 Å². The third-order valence-corrected chi connectivity index (χ3v) is 5.38. The fourth-order valence-corrected chi connectivity index (χ4v) is 3.82. The van der Waals surface area contributed by atoms with Crippen molar-refractivity contribution >= 4 is 5.91 Å². The molecule has 2 aliphatic rings. The molecule has 0 bridgehead atoms. The van der Waals surface area contributed by atoms with E-state index in [1.165, 1.54) is 0 Å². The van der Waals surface area contributed by atoms with Crippen molar-refractivity contribution in [1.29, 1.82) is 5.26 Å². The van der Waals surface area contributed by atoms with Gasteiger partial charge in [-0.25, -0.2) is 0 Å². The normalized spacial score (nSPS) is 20.3. The number of rotatable bonds is 5. The zero-order valence-corrected chi connectivity index (χ0v) is 15.0. The summed E-state index contributed by atoms with van der Waals surface area (Å²) in [5.74, 6) is 0.235. The molecule has 0 saturated carbocycles. The van der Waals surface area contributed by atoms with Crippen LogP contribution in [0.4, 0.5) is 0 Å². The third kappa shape index (κ3) is 3.57. The number of ether oxygens (including phenoxy) is 2. The van der Waals surface area contributed by atoms with E-state index < -0.39 is 0 Å². The lowest BCUT2D eigenvalue weighted by Gasteiger charge is -2.50. The predicted molar refractivity (Wildman–Crippen MR) is 97.7 cm³/mol. The Morgan fingerprint density at radius 2 is 2.15 bits per heavy atom. The van der Waals surface area contributed by atoms with Crippen LogP contribution in [0.3, 0.4) is 0 Å². The molecular weight excluding hydrogens is 342 g/mol. The van der Waals surface area contributed by atoms with Gasteiger partial charge in [0.1, 0.15) is 5.60 Å². The Morgan fingerprint density at radius 1 is 1.33 bits per heavy atom. The number of nitriles is 1. The minimum absolute atomic E-state index is 0.0512. The smallest absolute Gasteiger partial charge is 0.254 e. The molecule has 2 saturated heterocycles. The van der Waals surface area contributed by atoms with Crippen LogP contribution in [-0.2, 0) is 16.1 Å². The summed E-state index contributed by atoms with van der Waals surface area (Å²) >= 11 is 0. The predicted octanol–water partition coefficient (Wildman–Crippen LogP) is 2.40. The van der Waals surface area contributed by atoms with Crippen LogP contribution in [-0.4, -0.2) is 47.7 Å². The van der Waals surface area contributed by atoms with Crippen LogP contribution in [0.1, 0.15) is 27.9 Å². The molecule has 0 aliphatic carbocycles. The minimum atomic E-state index is -0.291. The first-order valence-corrected chi connectivity index (χ1v) is 9.10. The second kappa shape index (κ2) is 7.47. The number of carbonyl (C=O) groups excluding carboxylic acids is 1. The summed E-state index contributed by atoms with van der Waals surface area (Å²) < 4.78 is 11.9. The molecule has 1 spiro atoms. The molecule has 2 aliphatic heterocycles. The SMILES string of the molecule is N#Cc1cccc(C(=O)N2CC3(C2)OCC[C@H]3COCc2ccncc2)c1. The van der Waals surface area contributed by atoms with Crippen molar-refractivity contribution in [3.05, 3.63) is 65.5 Å². The van der Waals surface area contributed by atoms with Gasteiger partial charge in [0, 0.05) is 30.5 Å². The van der Waals surface area contributed by atoms with Gasteiger partial charge in [-0.1, -0.05) is 6.07 Å². The van der Waals surface area contributed by atoms with E-state index in [1.54, 1.807) is 41.6 Å². The molecule has 1 aromatic heterocycles. The zero-order valence-electron chi connectivity index (χ0n) is 15.0. The number of carbonyl (C=O) groups is 1. The van der Waals surface area contributed by atoms with Crippen molar-refractivity contribution in [3.8, 4) is 6.07 Å². The quantitative estimate of drug-likeness (QED) is 0.815. The van der Waals surface area contributed by atoms with Gasteiger partial charge < -0.3 is 14.4 Å². The Kier molecular flexibility index (Phi) is 4.88. The van der Waals surface area contributed by atoms with Gasteiger partial charge in [0.05, 0.1) is 37.9 Å². The molecule has 2 fully saturated rings. The van der Waals surface area contributed by atoms with Crippen molar-refractivity contribution in [2.24, 2.45) is 5.92 Å². The Hall–Kier alpha value is -2.75. The largest absolute Gasteiger partial charge is 0.376 e. The molecule has 1 aromatic carbocycles. The Morgan fingerprint density at radius 3 is 2.93 bits per heavy atom. The van der Waals surface area contributed by atoms with Crippen LogP contribution in [0.15, 0.2) is 48.8 Å². The average molecular weight is 363 g/mol. The third-order valence-electron chi connectivity index (χ3n) is 5.38. The van der Waals surface area contributed by atoms with Crippen LogP contribution in [0, 0.1) is 17.2 Å². The molecule has 138 valence electrons. The van der Waals surface area contributed by atoms with Gasteiger partial charge >= 0.3 is 0 Å². The van der Waals surface area contributed by atoms with Gasteiger partial charge in [0.2, 0.25) is 0 Å². The van der Waals surface area contributed by atoms with Gasteiger partial charge in [-0.15, -0.1) is 0 Å². The molecule has 0 unspecified atom stereocenters. The number of pyridine rings is 1. The van der Waals surface area contributed by atoms with Crippen molar-refractivity contribution in [3.63, 3.8) is 0 Å². The molecular formula is C21H21N3O3. The number of amides is 1. The number of hydrogen-bond donors (Lipinski definition) is 0. The number of aromatic nitrogens is 1. The first-order valence-electron chi connectivity index (χ1n) is 9.10. The lowest BCUT2D eigenvalue weighted by molar-refractivity contribution is -0.129. The highest BCUT2D eigenvalue weighted by molar-refractivity contribution is 5.95. The summed E-state index contributed by atoms with van der Waals surface area (Å²) in [6.07, 6.45) is 4.47. The lowest BCUT2D eigenvalue weighted by atomic mass is 9.81. The van der Waals surface area contributed by atoms with Crippen LogP contribution in [0.2, 0.25) is 0 Å². The van der Waals surface area contributed by atoms with Crippen molar-refractivity contribution in [2.75, 3.05) is 26.3 Å². The summed E-state index contributed by atoms with van der Waals surface area (Å²) in [5.41, 5.74) is 1.85. The van der Waals surface area contributed by atoms with E-state index in [4.69, 9.17) is 14.7 Å². The zero-order chi connectivity index (χ0) is 18.7. The van der Waals surface area contributed by atoms with E-state index in [0.29, 0.717) is 44.0 Å². The molecule has 1 atom stereocenters. The second-order valence-electron chi connectivity index (χ2n) is 7.12. The fraction of sp³-hybridized carbons (Fsp3) is 0.381. The van der Waals surface area contributed by atoms with E-state index in [2.05, 4.69) is 11.1 Å². The van der Waals surface area contributed by atoms with E-state index in [9.17, 15) is 4.79 Å². The van der Waals surface area contributed by atoms with Gasteiger partial charge in [0.15, 0.2) is 0 Å². The first kappa shape index (κ1) is 17.7. The van der Waals surface area contributed by atoms with Crippen LogP contribution in [0.25, 0.3) is 0 Å². The van der Waals surface area contributed by atoms with Crippen molar-refractivity contribution < 1.29 is 14.3 Å². The molecule has 4 rings (SSSR count). The number of likely N-dealkylation sites (tertiary alicyclic amines) is 1. The Balaban J connectivity index is 1.33. The van der Waals surface area contributed by atoms with Crippen LogP contribution in [0.5, 0.6) is 0 Å². The van der Waals surface area contributed by atoms with Gasteiger partial charge in [-0.2, -0.15) is 5.26 Å². The topological polar surface area (TPSA) is 75.5 Å². The van der Waals surface area contributed by atoms with Crippen molar-refractivity contribution in [1.82, 2.24) is 9.88 Å². The molecule has 6 heteroatoms. The molecule has 0 N–H and O–H groups in total. The fourth-order valence-electron chi connectivity index (χ4n) is 3.82. The number of nitrogens with zero attached hydrogens (tertiary/aromatic N) is 3. The maximum absolute atomic E-state index is 12.7. The molecule has 6 nitrogen and oxygen atoms in total. The highest BCUT2D eigenvalue weighted by Crippen LogP contribution is 2.40. The van der Waals surface area contributed by atoms with E-state index in [1.807, 2.05) is 12.1 Å². The van der Waals surface area contributed by atoms with E-state index in [0.717, 1.165) is 12.0 Å². The summed E-state index contributed by atoms with van der Waals surface area (Å²) in [4.78, 5) is 18.5. The summed E-state index contributed by atoms with van der Waals surface area (Å²) in [6, 6.07) is 12.8. The molecule has 2 aromatic rings. The molecule has 27 heavy (non-hydrogen) atoms. The van der Waals surface area contributed by atoms with E-state index >= 15 is 0 Å². The van der Waals surface area contributed by atoms with E-state index in [-0.39, 0.29) is 17.4 Å². The maximum Gasteiger partial charge on any atom is 0.254 e. The van der Waals surface area contributed by atoms with Crippen LogP contribution < -0.4 is 0 Å². The minimum Gasteiger partial charge on any atom is -0.376 e.